The van der Waals surface area contributed by atoms with Crippen LogP contribution in [0.25, 0.3) is 0 Å². The van der Waals surface area contributed by atoms with E-state index in [0.717, 1.165) is 0 Å². The lowest BCUT2D eigenvalue weighted by Gasteiger charge is -2.07. The molecule has 0 aliphatic heterocycles. The Morgan fingerprint density at radius 2 is 2.10 bits per heavy atom. The molecule has 0 fully saturated rings. The molecule has 2 rings (SSSR count). The van der Waals surface area contributed by atoms with Gasteiger partial charge in [0.15, 0.2) is 0 Å². The quantitative estimate of drug-likeness (QED) is 0.815. The number of anilines is 1. The normalized spacial score (nSPS) is 12.5. The van der Waals surface area contributed by atoms with Crippen LogP contribution in [0.4, 0.5) is 5.69 Å². The highest BCUT2D eigenvalue weighted by molar-refractivity contribution is 5.92. The monoisotopic (exact) mass is 274 g/mol. The van der Waals surface area contributed by atoms with Crippen molar-refractivity contribution in [2.45, 2.75) is 0 Å². The zero-order valence-corrected chi connectivity index (χ0v) is 10.3. The van der Waals surface area contributed by atoms with Gasteiger partial charge in [0.1, 0.15) is 17.2 Å². The third kappa shape index (κ3) is 3.32. The first-order chi connectivity index (χ1) is 10.9. The van der Waals surface area contributed by atoms with Crippen molar-refractivity contribution in [2.75, 3.05) is 12.3 Å². The SMILES string of the molecule is [2H]C([2H])([2H])NC(=O)c1cc(Oc2ccc(NC=O)cc2)ccn1. The molecule has 1 aromatic heterocycles. The van der Waals surface area contributed by atoms with Crippen molar-refractivity contribution < 1.29 is 18.4 Å². The number of amides is 2. The Balaban J connectivity index is 2.10. The van der Waals surface area contributed by atoms with Gasteiger partial charge >= 0.3 is 0 Å². The number of benzene rings is 1. The van der Waals surface area contributed by atoms with Gasteiger partial charge in [-0.05, 0) is 30.3 Å². The Morgan fingerprint density at radius 3 is 2.80 bits per heavy atom. The summed E-state index contributed by atoms with van der Waals surface area (Å²) in [5.74, 6) is -0.0115. The van der Waals surface area contributed by atoms with Gasteiger partial charge < -0.3 is 15.4 Å². The maximum atomic E-state index is 11.8. The topological polar surface area (TPSA) is 80.3 Å². The average molecular weight is 274 g/mol. The Bertz CT molecular complexity index is 702. The Kier molecular flexibility index (Phi) is 3.15. The Morgan fingerprint density at radius 1 is 1.30 bits per heavy atom. The number of ether oxygens (including phenoxy) is 1. The molecule has 0 bridgehead atoms. The number of pyridine rings is 1. The largest absolute Gasteiger partial charge is 0.457 e. The summed E-state index contributed by atoms with van der Waals surface area (Å²) in [6, 6.07) is 9.42. The zero-order chi connectivity index (χ0) is 16.9. The molecular formula is C14H13N3O3. The van der Waals surface area contributed by atoms with Gasteiger partial charge in [0.2, 0.25) is 6.41 Å². The minimum Gasteiger partial charge on any atom is -0.457 e. The fraction of sp³-hybridized carbons (Fsp3) is 0.0714. The molecule has 0 unspecified atom stereocenters. The molecule has 0 saturated carbocycles. The van der Waals surface area contributed by atoms with E-state index in [9.17, 15) is 9.59 Å². The number of rotatable bonds is 5. The first kappa shape index (κ1) is 9.96. The number of aromatic nitrogens is 1. The van der Waals surface area contributed by atoms with Gasteiger partial charge in [-0.15, -0.1) is 0 Å². The van der Waals surface area contributed by atoms with Gasteiger partial charge in [-0.25, -0.2) is 0 Å². The van der Waals surface area contributed by atoms with Crippen molar-refractivity contribution in [1.82, 2.24) is 10.3 Å². The van der Waals surface area contributed by atoms with Crippen molar-refractivity contribution >= 4 is 18.0 Å². The maximum absolute atomic E-state index is 11.8. The second kappa shape index (κ2) is 6.33. The highest BCUT2D eigenvalue weighted by atomic mass is 16.5. The molecule has 0 radical (unpaired) electrons. The molecule has 6 heteroatoms. The van der Waals surface area contributed by atoms with E-state index in [-0.39, 0.29) is 5.69 Å². The predicted octanol–water partition coefficient (Wildman–Crippen LogP) is 1.80. The fourth-order valence-electron chi connectivity index (χ4n) is 1.49. The number of nitrogens with zero attached hydrogens (tertiary/aromatic N) is 1. The van der Waals surface area contributed by atoms with E-state index in [0.29, 0.717) is 23.6 Å². The number of nitrogens with one attached hydrogen (secondary N) is 2. The van der Waals surface area contributed by atoms with Gasteiger partial charge in [0, 0.05) is 29.0 Å². The zero-order valence-electron chi connectivity index (χ0n) is 13.3. The molecule has 102 valence electrons. The maximum Gasteiger partial charge on any atom is 0.269 e. The lowest BCUT2D eigenvalue weighted by molar-refractivity contribution is -0.105. The second-order valence-corrected chi connectivity index (χ2v) is 3.72. The lowest BCUT2D eigenvalue weighted by atomic mass is 10.3. The van der Waals surface area contributed by atoms with Crippen LogP contribution in [0.2, 0.25) is 0 Å². The van der Waals surface area contributed by atoms with Crippen LogP contribution >= 0.6 is 0 Å². The average Bonchev–Trinajstić information content (AvgIpc) is 2.48. The van der Waals surface area contributed by atoms with Crippen LogP contribution < -0.4 is 15.4 Å². The summed E-state index contributed by atoms with van der Waals surface area (Å²) in [5.41, 5.74) is 0.540. The van der Waals surface area contributed by atoms with Crippen LogP contribution in [-0.2, 0) is 4.79 Å². The standard InChI is InChI=1S/C14H13N3O3/c1-15-14(19)13-8-12(6-7-16-13)20-11-4-2-10(3-5-11)17-9-18/h2-9H,1H3,(H,15,19)(H,17,18)/i1D3. The number of carbonyl (C=O) groups is 2. The molecule has 0 spiro atoms. The van der Waals surface area contributed by atoms with Crippen LogP contribution in [0.3, 0.4) is 0 Å². The molecule has 2 aromatic rings. The lowest BCUT2D eigenvalue weighted by Crippen LogP contribution is -2.18. The molecule has 6 nitrogen and oxygen atoms in total. The summed E-state index contributed by atoms with van der Waals surface area (Å²) in [5, 5.41) is 4.34. The highest BCUT2D eigenvalue weighted by Gasteiger charge is 2.06. The minimum absolute atomic E-state index is 0.0714. The Hall–Kier alpha value is -2.89. The predicted molar refractivity (Wildman–Crippen MR) is 73.8 cm³/mol. The van der Waals surface area contributed by atoms with E-state index in [2.05, 4.69) is 10.3 Å². The van der Waals surface area contributed by atoms with Crippen molar-refractivity contribution in [2.24, 2.45) is 0 Å². The number of hydrogen-bond donors (Lipinski definition) is 2. The van der Waals surface area contributed by atoms with Gasteiger partial charge in [-0.3, -0.25) is 14.6 Å². The molecule has 0 saturated heterocycles. The van der Waals surface area contributed by atoms with Crippen molar-refractivity contribution in [3.8, 4) is 11.5 Å². The molecule has 0 atom stereocenters. The van der Waals surface area contributed by atoms with E-state index in [1.165, 1.54) is 18.3 Å². The van der Waals surface area contributed by atoms with Gasteiger partial charge in [0.25, 0.3) is 5.91 Å². The molecule has 1 aromatic carbocycles. The van der Waals surface area contributed by atoms with E-state index >= 15 is 0 Å². The van der Waals surface area contributed by atoms with Crippen LogP contribution in [0.15, 0.2) is 42.6 Å². The van der Waals surface area contributed by atoms with E-state index in [1.54, 1.807) is 24.3 Å². The highest BCUT2D eigenvalue weighted by Crippen LogP contribution is 2.22. The van der Waals surface area contributed by atoms with E-state index < -0.39 is 12.9 Å². The summed E-state index contributed by atoms with van der Waals surface area (Å²) in [7, 11) is 0. The smallest absolute Gasteiger partial charge is 0.269 e. The van der Waals surface area contributed by atoms with E-state index in [4.69, 9.17) is 8.85 Å². The van der Waals surface area contributed by atoms with Gasteiger partial charge in [-0.1, -0.05) is 0 Å². The third-order valence-electron chi connectivity index (χ3n) is 2.39. The minimum atomic E-state index is -2.59. The van der Waals surface area contributed by atoms with Crippen molar-refractivity contribution in [3.63, 3.8) is 0 Å². The van der Waals surface area contributed by atoms with Crippen molar-refractivity contribution in [3.05, 3.63) is 48.3 Å². The van der Waals surface area contributed by atoms with Crippen LogP contribution in [0.1, 0.15) is 14.6 Å². The first-order valence-corrected chi connectivity index (χ1v) is 5.64. The summed E-state index contributed by atoms with van der Waals surface area (Å²) in [6.45, 7) is -2.59. The number of carbonyl (C=O) groups excluding carboxylic acids is 2. The van der Waals surface area contributed by atoms with Gasteiger partial charge in [-0.2, -0.15) is 0 Å². The summed E-state index contributed by atoms with van der Waals surface area (Å²) in [6.07, 6.45) is 1.90. The number of hydrogen-bond acceptors (Lipinski definition) is 4. The van der Waals surface area contributed by atoms with Crippen LogP contribution in [-0.4, -0.2) is 24.3 Å². The molecule has 0 aliphatic carbocycles. The molecule has 1 heterocycles. The molecular weight excluding hydrogens is 258 g/mol. The first-order valence-electron chi connectivity index (χ1n) is 7.14. The molecule has 2 amide bonds. The summed E-state index contributed by atoms with van der Waals surface area (Å²) < 4.78 is 26.6. The summed E-state index contributed by atoms with van der Waals surface area (Å²) in [4.78, 5) is 25.9. The molecule has 2 N–H and O–H groups in total. The Labute approximate surface area is 120 Å². The van der Waals surface area contributed by atoms with E-state index in [1.807, 2.05) is 5.32 Å². The van der Waals surface area contributed by atoms with Crippen LogP contribution in [0.5, 0.6) is 11.5 Å². The molecule has 0 aliphatic rings. The summed E-state index contributed by atoms with van der Waals surface area (Å²) >= 11 is 0. The van der Waals surface area contributed by atoms with Crippen LogP contribution in [0, 0.1) is 0 Å². The fourth-order valence-corrected chi connectivity index (χ4v) is 1.49. The molecule has 20 heavy (non-hydrogen) atoms. The second-order valence-electron chi connectivity index (χ2n) is 3.72. The van der Waals surface area contributed by atoms with Gasteiger partial charge in [0.05, 0.1) is 0 Å². The van der Waals surface area contributed by atoms with Crippen molar-refractivity contribution in [1.29, 1.82) is 0 Å². The third-order valence-corrected chi connectivity index (χ3v) is 2.39.